The molecule has 1 saturated heterocycles. The maximum Gasteiger partial charge on any atom is 0.332 e. The Morgan fingerprint density at radius 2 is 1.86 bits per heavy atom. The van der Waals surface area contributed by atoms with Crippen molar-refractivity contribution in [3.8, 4) is 0 Å². The minimum absolute atomic E-state index is 0.0949. The number of hydrogen-bond acceptors (Lipinski definition) is 4. The summed E-state index contributed by atoms with van der Waals surface area (Å²) in [5.74, 6) is 0.0949. The Labute approximate surface area is 168 Å². The van der Waals surface area contributed by atoms with Crippen LogP contribution in [0.1, 0.15) is 48.1 Å². The lowest BCUT2D eigenvalue weighted by molar-refractivity contribution is 0.0988. The molecule has 2 heterocycles. The third-order valence-corrected chi connectivity index (χ3v) is 5.65. The third kappa shape index (κ3) is 3.68. The summed E-state index contributed by atoms with van der Waals surface area (Å²) in [5.41, 5.74) is 1.72. The smallest absolute Gasteiger partial charge is 0.315 e. The molecule has 3 aromatic rings. The van der Waals surface area contributed by atoms with Crippen LogP contribution in [0.4, 0.5) is 0 Å². The number of para-hydroxylation sites is 1. The Balaban J connectivity index is 1.82. The molecular weight excluding hydrogens is 366 g/mol. The maximum atomic E-state index is 13.4. The van der Waals surface area contributed by atoms with E-state index in [0.717, 1.165) is 24.9 Å². The van der Waals surface area contributed by atoms with Crippen LogP contribution in [0.15, 0.2) is 58.1 Å². The fourth-order valence-corrected chi connectivity index (χ4v) is 4.05. The summed E-state index contributed by atoms with van der Waals surface area (Å²) in [6.07, 6.45) is 2.22. The van der Waals surface area contributed by atoms with Gasteiger partial charge in [-0.3, -0.25) is 18.7 Å². The van der Waals surface area contributed by atoms with Crippen molar-refractivity contribution < 1.29 is 4.79 Å². The SMILES string of the molecule is CCC(=O)c1ccc(Cn2c(=O)n(C3CCCNC3)c(=O)c3ccccc32)cc1. The minimum atomic E-state index is -0.281. The Kier molecular flexibility index (Phi) is 5.45. The monoisotopic (exact) mass is 391 g/mol. The number of benzene rings is 2. The van der Waals surface area contributed by atoms with Gasteiger partial charge in [0.1, 0.15) is 0 Å². The van der Waals surface area contributed by atoms with E-state index < -0.39 is 0 Å². The number of carbonyl (C=O) groups excluding carboxylic acids is 1. The number of carbonyl (C=O) groups is 1. The number of ketones is 1. The standard InChI is InChI=1S/C23H25N3O3/c1-2-21(27)17-11-9-16(10-12-17)15-25-20-8-4-3-7-19(20)22(28)26(23(25)29)18-6-5-13-24-14-18/h3-4,7-12,18,24H,2,5-6,13-15H2,1H3. The molecule has 0 amide bonds. The van der Waals surface area contributed by atoms with Gasteiger partial charge >= 0.3 is 5.69 Å². The Hall–Kier alpha value is -2.99. The van der Waals surface area contributed by atoms with E-state index in [-0.39, 0.29) is 23.1 Å². The number of nitrogens with zero attached hydrogens (tertiary/aromatic N) is 2. The molecule has 4 rings (SSSR count). The van der Waals surface area contributed by atoms with Gasteiger partial charge in [-0.25, -0.2) is 4.79 Å². The predicted octanol–water partition coefficient (Wildman–Crippen LogP) is 2.73. The second-order valence-electron chi connectivity index (χ2n) is 7.53. The molecule has 1 aromatic heterocycles. The molecule has 1 N–H and O–H groups in total. The van der Waals surface area contributed by atoms with Gasteiger partial charge in [-0.2, -0.15) is 0 Å². The number of nitrogens with one attached hydrogen (secondary N) is 1. The lowest BCUT2D eigenvalue weighted by Crippen LogP contribution is -2.46. The van der Waals surface area contributed by atoms with Crippen molar-refractivity contribution >= 4 is 16.7 Å². The number of hydrogen-bond donors (Lipinski definition) is 1. The first-order valence-corrected chi connectivity index (χ1v) is 10.2. The van der Waals surface area contributed by atoms with Crippen LogP contribution in [0.2, 0.25) is 0 Å². The molecule has 6 heteroatoms. The maximum absolute atomic E-state index is 13.4. The largest absolute Gasteiger partial charge is 0.332 e. The first kappa shape index (κ1) is 19.3. The summed E-state index contributed by atoms with van der Waals surface area (Å²) < 4.78 is 3.09. The summed E-state index contributed by atoms with van der Waals surface area (Å²) in [7, 11) is 0. The summed E-state index contributed by atoms with van der Waals surface area (Å²) in [6, 6.07) is 14.5. The highest BCUT2D eigenvalue weighted by Crippen LogP contribution is 2.16. The van der Waals surface area contributed by atoms with E-state index in [2.05, 4.69) is 5.32 Å². The van der Waals surface area contributed by atoms with Gasteiger partial charge in [0.25, 0.3) is 5.56 Å². The minimum Gasteiger partial charge on any atom is -0.315 e. The number of fused-ring (bicyclic) bond motifs is 1. The molecule has 1 atom stereocenters. The highest BCUT2D eigenvalue weighted by Gasteiger charge is 2.22. The van der Waals surface area contributed by atoms with Crippen molar-refractivity contribution in [1.29, 1.82) is 0 Å². The van der Waals surface area contributed by atoms with Crippen molar-refractivity contribution in [1.82, 2.24) is 14.5 Å². The zero-order chi connectivity index (χ0) is 20.4. The van der Waals surface area contributed by atoms with Gasteiger partial charge in [-0.15, -0.1) is 0 Å². The lowest BCUT2D eigenvalue weighted by Gasteiger charge is -2.25. The van der Waals surface area contributed by atoms with Gasteiger partial charge in [-0.1, -0.05) is 43.3 Å². The van der Waals surface area contributed by atoms with Crippen LogP contribution in [0.25, 0.3) is 10.9 Å². The summed E-state index contributed by atoms with van der Waals surface area (Å²) in [5, 5.41) is 3.84. The predicted molar refractivity (Wildman–Crippen MR) is 114 cm³/mol. The normalized spacial score (nSPS) is 16.8. The fraction of sp³-hybridized carbons (Fsp3) is 0.348. The zero-order valence-corrected chi connectivity index (χ0v) is 16.6. The molecule has 0 spiro atoms. The number of Topliss-reactive ketones (excluding diaryl/α,β-unsaturated/α-hetero) is 1. The van der Waals surface area contributed by atoms with Crippen molar-refractivity contribution in [2.45, 2.75) is 38.8 Å². The van der Waals surface area contributed by atoms with E-state index in [1.54, 1.807) is 22.8 Å². The van der Waals surface area contributed by atoms with E-state index in [0.29, 0.717) is 36.0 Å². The van der Waals surface area contributed by atoms with Crippen molar-refractivity contribution in [2.24, 2.45) is 0 Å². The van der Waals surface area contributed by atoms with Crippen LogP contribution in [0.3, 0.4) is 0 Å². The highest BCUT2D eigenvalue weighted by atomic mass is 16.2. The molecule has 1 aliphatic rings. The van der Waals surface area contributed by atoms with Gasteiger partial charge in [-0.05, 0) is 37.1 Å². The highest BCUT2D eigenvalue weighted by molar-refractivity contribution is 5.95. The van der Waals surface area contributed by atoms with Crippen LogP contribution < -0.4 is 16.6 Å². The second-order valence-corrected chi connectivity index (χ2v) is 7.53. The van der Waals surface area contributed by atoms with Crippen LogP contribution in [-0.2, 0) is 6.54 Å². The molecular formula is C23H25N3O3. The van der Waals surface area contributed by atoms with E-state index in [9.17, 15) is 14.4 Å². The molecule has 0 radical (unpaired) electrons. The van der Waals surface area contributed by atoms with E-state index in [4.69, 9.17) is 0 Å². The van der Waals surface area contributed by atoms with E-state index in [1.807, 2.05) is 37.3 Å². The zero-order valence-electron chi connectivity index (χ0n) is 16.6. The quantitative estimate of drug-likeness (QED) is 0.679. The number of aromatic nitrogens is 2. The molecule has 1 aliphatic heterocycles. The molecule has 1 unspecified atom stereocenters. The Morgan fingerprint density at radius 1 is 1.10 bits per heavy atom. The summed E-state index contributed by atoms with van der Waals surface area (Å²) in [4.78, 5) is 38.3. The molecule has 0 saturated carbocycles. The van der Waals surface area contributed by atoms with Crippen LogP contribution in [0.5, 0.6) is 0 Å². The Morgan fingerprint density at radius 3 is 2.55 bits per heavy atom. The first-order valence-electron chi connectivity index (χ1n) is 10.2. The van der Waals surface area contributed by atoms with Crippen LogP contribution in [0, 0.1) is 0 Å². The van der Waals surface area contributed by atoms with Gasteiger partial charge in [0.15, 0.2) is 5.78 Å². The molecule has 150 valence electrons. The van der Waals surface area contributed by atoms with Gasteiger partial charge < -0.3 is 5.32 Å². The molecule has 2 aromatic carbocycles. The second kappa shape index (κ2) is 8.17. The van der Waals surface area contributed by atoms with E-state index >= 15 is 0 Å². The molecule has 29 heavy (non-hydrogen) atoms. The van der Waals surface area contributed by atoms with Crippen molar-refractivity contribution in [2.75, 3.05) is 13.1 Å². The van der Waals surface area contributed by atoms with E-state index in [1.165, 1.54) is 4.57 Å². The average Bonchev–Trinajstić information content (AvgIpc) is 2.77. The summed E-state index contributed by atoms with van der Waals surface area (Å²) in [6.45, 7) is 3.73. The number of rotatable bonds is 5. The molecule has 0 aliphatic carbocycles. The molecule has 6 nitrogen and oxygen atoms in total. The topological polar surface area (TPSA) is 73.1 Å². The third-order valence-electron chi connectivity index (χ3n) is 5.65. The molecule has 1 fully saturated rings. The van der Waals surface area contributed by atoms with Crippen LogP contribution in [-0.4, -0.2) is 28.0 Å². The lowest BCUT2D eigenvalue weighted by atomic mass is 10.1. The fourth-order valence-electron chi connectivity index (χ4n) is 4.05. The Bertz CT molecular complexity index is 1150. The average molecular weight is 391 g/mol. The van der Waals surface area contributed by atoms with Crippen molar-refractivity contribution in [3.05, 3.63) is 80.5 Å². The number of piperidine rings is 1. The van der Waals surface area contributed by atoms with Crippen LogP contribution >= 0.6 is 0 Å². The van der Waals surface area contributed by atoms with Crippen molar-refractivity contribution in [3.63, 3.8) is 0 Å². The summed E-state index contributed by atoms with van der Waals surface area (Å²) >= 11 is 0. The first-order chi connectivity index (χ1) is 14.1. The van der Waals surface area contributed by atoms with Gasteiger partial charge in [0, 0.05) is 18.5 Å². The van der Waals surface area contributed by atoms with Gasteiger partial charge in [0.2, 0.25) is 0 Å². The molecule has 0 bridgehead atoms. The van der Waals surface area contributed by atoms with Gasteiger partial charge in [0.05, 0.1) is 23.5 Å².